The van der Waals surface area contributed by atoms with Gasteiger partial charge in [0, 0.05) is 37.9 Å². The third-order valence-electron chi connectivity index (χ3n) is 5.44. The van der Waals surface area contributed by atoms with Gasteiger partial charge in [-0.05, 0) is 57.4 Å². The lowest BCUT2D eigenvalue weighted by atomic mass is 10.1. The smallest absolute Gasteiger partial charge is 0.156 e. The van der Waals surface area contributed by atoms with Gasteiger partial charge in [-0.25, -0.2) is 15.0 Å². The Morgan fingerprint density at radius 1 is 1.04 bits per heavy atom. The summed E-state index contributed by atoms with van der Waals surface area (Å²) in [5.74, 6) is 1.96. The van der Waals surface area contributed by atoms with E-state index in [4.69, 9.17) is 15.0 Å². The van der Waals surface area contributed by atoms with Crippen LogP contribution in [0, 0.1) is 6.92 Å². The fourth-order valence-electron chi connectivity index (χ4n) is 3.55. The van der Waals surface area contributed by atoms with Crippen LogP contribution in [-0.4, -0.2) is 41.1 Å². The molecular formula is C22H27N5. The van der Waals surface area contributed by atoms with Crippen LogP contribution in [0.1, 0.15) is 32.3 Å². The maximum absolute atomic E-state index is 5.00. The van der Waals surface area contributed by atoms with Crippen LogP contribution in [0.3, 0.4) is 0 Å². The molecule has 3 heterocycles. The predicted molar refractivity (Wildman–Crippen MR) is 112 cm³/mol. The van der Waals surface area contributed by atoms with Gasteiger partial charge in [0.2, 0.25) is 0 Å². The van der Waals surface area contributed by atoms with Gasteiger partial charge < -0.3 is 9.80 Å². The van der Waals surface area contributed by atoms with E-state index in [2.05, 4.69) is 55.8 Å². The van der Waals surface area contributed by atoms with Gasteiger partial charge in [-0.1, -0.05) is 12.1 Å². The summed E-state index contributed by atoms with van der Waals surface area (Å²) in [5, 5.41) is 0. The minimum Gasteiger partial charge on any atom is -0.357 e. The Hall–Kier alpha value is -2.69. The normalized spacial score (nSPS) is 14.3. The van der Waals surface area contributed by atoms with Gasteiger partial charge in [-0.2, -0.15) is 0 Å². The lowest BCUT2D eigenvalue weighted by Gasteiger charge is -2.25. The second kappa shape index (κ2) is 7.14. The zero-order valence-electron chi connectivity index (χ0n) is 16.6. The van der Waals surface area contributed by atoms with Crippen molar-refractivity contribution in [1.82, 2.24) is 15.0 Å². The van der Waals surface area contributed by atoms with Crippen molar-refractivity contribution in [3.63, 3.8) is 0 Å². The fourth-order valence-corrected chi connectivity index (χ4v) is 3.55. The van der Waals surface area contributed by atoms with Gasteiger partial charge in [0.25, 0.3) is 0 Å². The SMILES string of the molecule is Cc1cccc2nc(-c3ccc(N4CCCC4)nc3)c(N(C)C(C)C)nc12. The monoisotopic (exact) mass is 361 g/mol. The Balaban J connectivity index is 1.82. The molecule has 1 aliphatic heterocycles. The maximum atomic E-state index is 5.00. The Morgan fingerprint density at radius 3 is 2.48 bits per heavy atom. The van der Waals surface area contributed by atoms with E-state index in [0.29, 0.717) is 6.04 Å². The minimum atomic E-state index is 0.330. The highest BCUT2D eigenvalue weighted by molar-refractivity contribution is 5.85. The first kappa shape index (κ1) is 17.7. The highest BCUT2D eigenvalue weighted by atomic mass is 15.2. The molecule has 3 aromatic rings. The molecule has 2 aromatic heterocycles. The summed E-state index contributed by atoms with van der Waals surface area (Å²) >= 11 is 0. The standard InChI is InChI=1S/C22H27N5/c1-15(2)26(4)22-21(24-18-9-7-8-16(3)20(18)25-22)17-10-11-19(23-14-17)27-12-5-6-13-27/h7-11,14-15H,5-6,12-13H2,1-4H3. The van der Waals surface area contributed by atoms with Crippen LogP contribution in [0.5, 0.6) is 0 Å². The van der Waals surface area contributed by atoms with Crippen LogP contribution >= 0.6 is 0 Å². The van der Waals surface area contributed by atoms with Crippen LogP contribution in [0.2, 0.25) is 0 Å². The molecule has 0 saturated carbocycles. The number of anilines is 2. The van der Waals surface area contributed by atoms with Crippen LogP contribution in [0.25, 0.3) is 22.3 Å². The summed E-state index contributed by atoms with van der Waals surface area (Å²) < 4.78 is 0. The summed E-state index contributed by atoms with van der Waals surface area (Å²) in [4.78, 5) is 19.2. The molecule has 1 fully saturated rings. The third-order valence-corrected chi connectivity index (χ3v) is 5.44. The van der Waals surface area contributed by atoms with Crippen molar-refractivity contribution in [2.75, 3.05) is 29.9 Å². The summed E-state index contributed by atoms with van der Waals surface area (Å²) in [5.41, 5.74) is 4.94. The number of hydrogen-bond acceptors (Lipinski definition) is 5. The summed E-state index contributed by atoms with van der Waals surface area (Å²) in [7, 11) is 2.08. The van der Waals surface area contributed by atoms with E-state index in [1.54, 1.807) is 0 Å². The molecular weight excluding hydrogens is 334 g/mol. The number of para-hydroxylation sites is 1. The molecule has 5 heteroatoms. The number of rotatable bonds is 4. The Bertz CT molecular complexity index is 943. The Labute approximate surface area is 161 Å². The molecule has 0 amide bonds. The van der Waals surface area contributed by atoms with Gasteiger partial charge in [0.15, 0.2) is 5.82 Å². The second-order valence-electron chi connectivity index (χ2n) is 7.64. The number of aryl methyl sites for hydroxylation is 1. The van der Waals surface area contributed by atoms with Gasteiger partial charge >= 0.3 is 0 Å². The van der Waals surface area contributed by atoms with Crippen LogP contribution in [0.4, 0.5) is 11.6 Å². The molecule has 1 aromatic carbocycles. The zero-order valence-corrected chi connectivity index (χ0v) is 16.6. The molecule has 1 aliphatic rings. The largest absolute Gasteiger partial charge is 0.357 e. The van der Waals surface area contributed by atoms with Gasteiger partial charge in [-0.3, -0.25) is 0 Å². The molecule has 140 valence electrons. The molecule has 1 saturated heterocycles. The lowest BCUT2D eigenvalue weighted by molar-refractivity contribution is 0.744. The first-order valence-corrected chi connectivity index (χ1v) is 9.76. The molecule has 0 atom stereocenters. The van der Waals surface area contributed by atoms with E-state index < -0.39 is 0 Å². The van der Waals surface area contributed by atoms with Crippen LogP contribution < -0.4 is 9.80 Å². The average Bonchev–Trinajstić information content (AvgIpc) is 3.22. The van der Waals surface area contributed by atoms with Crippen molar-refractivity contribution < 1.29 is 0 Å². The predicted octanol–water partition coefficient (Wildman–Crippen LogP) is 4.45. The van der Waals surface area contributed by atoms with E-state index in [1.165, 1.54) is 12.8 Å². The van der Waals surface area contributed by atoms with E-state index >= 15 is 0 Å². The van der Waals surface area contributed by atoms with Crippen molar-refractivity contribution in [3.8, 4) is 11.3 Å². The summed E-state index contributed by atoms with van der Waals surface area (Å²) in [6, 6.07) is 10.7. The Kier molecular flexibility index (Phi) is 4.68. The minimum absolute atomic E-state index is 0.330. The topological polar surface area (TPSA) is 45.2 Å². The molecule has 0 N–H and O–H groups in total. The molecule has 0 aliphatic carbocycles. The van der Waals surface area contributed by atoms with Crippen molar-refractivity contribution in [3.05, 3.63) is 42.1 Å². The third kappa shape index (κ3) is 3.34. The number of hydrogen-bond donors (Lipinski definition) is 0. The molecule has 0 radical (unpaired) electrons. The lowest BCUT2D eigenvalue weighted by Crippen LogP contribution is -2.27. The summed E-state index contributed by atoms with van der Waals surface area (Å²) in [6.07, 6.45) is 4.45. The molecule has 0 bridgehead atoms. The molecule has 5 nitrogen and oxygen atoms in total. The van der Waals surface area contributed by atoms with Gasteiger partial charge in [-0.15, -0.1) is 0 Å². The molecule has 0 unspecified atom stereocenters. The highest BCUT2D eigenvalue weighted by Crippen LogP contribution is 2.31. The van der Waals surface area contributed by atoms with E-state index in [0.717, 1.165) is 52.6 Å². The second-order valence-corrected chi connectivity index (χ2v) is 7.64. The zero-order chi connectivity index (χ0) is 19.0. The number of benzene rings is 1. The first-order valence-electron chi connectivity index (χ1n) is 9.76. The van der Waals surface area contributed by atoms with Crippen molar-refractivity contribution >= 4 is 22.7 Å². The van der Waals surface area contributed by atoms with E-state index in [-0.39, 0.29) is 0 Å². The van der Waals surface area contributed by atoms with Gasteiger partial charge in [0.1, 0.15) is 11.5 Å². The number of pyridine rings is 1. The van der Waals surface area contributed by atoms with E-state index in [9.17, 15) is 0 Å². The summed E-state index contributed by atoms with van der Waals surface area (Å²) in [6.45, 7) is 8.62. The quantitative estimate of drug-likeness (QED) is 0.687. The van der Waals surface area contributed by atoms with Crippen LogP contribution in [0.15, 0.2) is 36.5 Å². The van der Waals surface area contributed by atoms with Crippen molar-refractivity contribution in [1.29, 1.82) is 0 Å². The fraction of sp³-hybridized carbons (Fsp3) is 0.409. The number of fused-ring (bicyclic) bond motifs is 1. The van der Waals surface area contributed by atoms with Crippen LogP contribution in [-0.2, 0) is 0 Å². The molecule has 0 spiro atoms. The highest BCUT2D eigenvalue weighted by Gasteiger charge is 2.19. The van der Waals surface area contributed by atoms with Crippen molar-refractivity contribution in [2.24, 2.45) is 0 Å². The van der Waals surface area contributed by atoms with E-state index in [1.807, 2.05) is 18.3 Å². The number of aromatic nitrogens is 3. The molecule has 27 heavy (non-hydrogen) atoms. The van der Waals surface area contributed by atoms with Gasteiger partial charge in [0.05, 0.1) is 11.0 Å². The molecule has 4 rings (SSSR count). The first-order chi connectivity index (χ1) is 13.0. The average molecular weight is 361 g/mol. The number of nitrogens with zero attached hydrogens (tertiary/aromatic N) is 5. The van der Waals surface area contributed by atoms with Crippen molar-refractivity contribution in [2.45, 2.75) is 39.7 Å². The Morgan fingerprint density at radius 2 is 1.81 bits per heavy atom. The maximum Gasteiger partial charge on any atom is 0.156 e.